The number of aromatic nitrogens is 3. The van der Waals surface area contributed by atoms with E-state index in [-0.39, 0.29) is 23.5 Å². The lowest BCUT2D eigenvalue weighted by Gasteiger charge is -2.12. The van der Waals surface area contributed by atoms with E-state index in [0.29, 0.717) is 28.1 Å². The Balaban J connectivity index is 1.46. The molecule has 0 unspecified atom stereocenters. The monoisotopic (exact) mass is 464 g/mol. The Kier molecular flexibility index (Phi) is 6.74. The third kappa shape index (κ3) is 5.98. The van der Waals surface area contributed by atoms with Crippen LogP contribution in [0.2, 0.25) is 0 Å². The van der Waals surface area contributed by atoms with Gasteiger partial charge in [0, 0.05) is 36.8 Å². The molecule has 1 saturated carbocycles. The van der Waals surface area contributed by atoms with Gasteiger partial charge in [-0.25, -0.2) is 0 Å². The molecule has 10 heteroatoms. The van der Waals surface area contributed by atoms with Crippen LogP contribution in [0.3, 0.4) is 0 Å². The van der Waals surface area contributed by atoms with E-state index >= 15 is 0 Å². The van der Waals surface area contributed by atoms with Crippen LogP contribution in [0.5, 0.6) is 0 Å². The molecule has 9 nitrogen and oxygen atoms in total. The van der Waals surface area contributed by atoms with Crippen LogP contribution in [0, 0.1) is 0 Å². The molecule has 1 heterocycles. The molecule has 4 rings (SSSR count). The maximum absolute atomic E-state index is 12.5. The van der Waals surface area contributed by atoms with E-state index in [0.717, 1.165) is 24.4 Å². The van der Waals surface area contributed by atoms with Crippen LogP contribution in [0.25, 0.3) is 5.69 Å². The molecule has 2 aromatic carbocycles. The lowest BCUT2D eigenvalue weighted by molar-refractivity contribution is -0.115. The number of thioether (sulfide) groups is 1. The minimum Gasteiger partial charge on any atom is -0.326 e. The molecule has 3 aromatic rings. The van der Waals surface area contributed by atoms with E-state index in [2.05, 4.69) is 26.1 Å². The van der Waals surface area contributed by atoms with Crippen molar-refractivity contribution >= 4 is 46.5 Å². The van der Waals surface area contributed by atoms with Crippen molar-refractivity contribution in [3.8, 4) is 5.69 Å². The number of amides is 3. The van der Waals surface area contributed by atoms with E-state index in [1.165, 1.54) is 25.6 Å². The summed E-state index contributed by atoms with van der Waals surface area (Å²) in [5, 5.41) is 17.7. The first-order chi connectivity index (χ1) is 15.9. The fourth-order valence-electron chi connectivity index (χ4n) is 3.32. The number of hydrogen-bond donors (Lipinski definition) is 3. The zero-order valence-corrected chi connectivity index (χ0v) is 19.1. The van der Waals surface area contributed by atoms with Crippen LogP contribution >= 0.6 is 11.8 Å². The number of carbonyl (C=O) groups is 3. The number of nitrogens with zero attached hydrogens (tertiary/aromatic N) is 3. The predicted octanol–water partition coefficient (Wildman–Crippen LogP) is 3.79. The van der Waals surface area contributed by atoms with Crippen LogP contribution < -0.4 is 16.0 Å². The second-order valence-corrected chi connectivity index (χ2v) is 8.72. The zero-order valence-electron chi connectivity index (χ0n) is 18.3. The molecular weight excluding hydrogens is 440 g/mol. The summed E-state index contributed by atoms with van der Waals surface area (Å²) in [6, 6.07) is 14.4. The number of carbonyl (C=O) groups excluding carboxylic acids is 3. The average molecular weight is 465 g/mol. The van der Waals surface area contributed by atoms with E-state index in [9.17, 15) is 14.4 Å². The van der Waals surface area contributed by atoms with Crippen molar-refractivity contribution in [2.45, 2.75) is 37.8 Å². The molecular formula is C23H24N6O3S. The van der Waals surface area contributed by atoms with Gasteiger partial charge in [0.15, 0.2) is 5.16 Å². The summed E-state index contributed by atoms with van der Waals surface area (Å²) in [6.45, 7) is 2.91. The van der Waals surface area contributed by atoms with Gasteiger partial charge in [0.05, 0.1) is 11.4 Å². The summed E-state index contributed by atoms with van der Waals surface area (Å²) in [4.78, 5) is 35.1. The highest BCUT2D eigenvalue weighted by Gasteiger charge is 2.31. The lowest BCUT2D eigenvalue weighted by Crippen LogP contribution is -2.15. The van der Waals surface area contributed by atoms with Crippen LogP contribution in [0.1, 0.15) is 38.4 Å². The van der Waals surface area contributed by atoms with Crippen LogP contribution in [0.4, 0.5) is 17.1 Å². The zero-order chi connectivity index (χ0) is 23.4. The van der Waals surface area contributed by atoms with Gasteiger partial charge in [0.2, 0.25) is 17.7 Å². The third-order valence-corrected chi connectivity index (χ3v) is 5.78. The number of nitrogens with one attached hydrogen (secondary N) is 3. The molecule has 0 spiro atoms. The number of rotatable bonds is 8. The highest BCUT2D eigenvalue weighted by atomic mass is 32.2. The van der Waals surface area contributed by atoms with Crippen molar-refractivity contribution in [2.24, 2.45) is 0 Å². The van der Waals surface area contributed by atoms with Gasteiger partial charge in [-0.15, -0.1) is 10.2 Å². The van der Waals surface area contributed by atoms with Gasteiger partial charge in [-0.3, -0.25) is 19.0 Å². The normalized spacial score (nSPS) is 12.8. The summed E-state index contributed by atoms with van der Waals surface area (Å²) in [6.07, 6.45) is 2.12. The highest BCUT2D eigenvalue weighted by molar-refractivity contribution is 7.99. The van der Waals surface area contributed by atoms with E-state index in [4.69, 9.17) is 0 Å². The molecule has 33 heavy (non-hydrogen) atoms. The molecule has 0 aliphatic heterocycles. The highest BCUT2D eigenvalue weighted by Crippen LogP contribution is 2.41. The van der Waals surface area contributed by atoms with Crippen LogP contribution in [-0.2, 0) is 14.4 Å². The largest absolute Gasteiger partial charge is 0.326 e. The Morgan fingerprint density at radius 1 is 0.909 bits per heavy atom. The summed E-state index contributed by atoms with van der Waals surface area (Å²) >= 11 is 1.30. The van der Waals surface area contributed by atoms with Crippen molar-refractivity contribution in [3.63, 3.8) is 0 Å². The Labute approximate surface area is 195 Å². The van der Waals surface area contributed by atoms with E-state index in [1.807, 2.05) is 28.8 Å². The first-order valence-electron chi connectivity index (χ1n) is 10.5. The van der Waals surface area contributed by atoms with E-state index < -0.39 is 0 Å². The topological polar surface area (TPSA) is 118 Å². The molecule has 0 bridgehead atoms. The van der Waals surface area contributed by atoms with Gasteiger partial charge in [-0.2, -0.15) is 0 Å². The van der Waals surface area contributed by atoms with E-state index in [1.54, 1.807) is 24.3 Å². The minimum absolute atomic E-state index is 0.144. The molecule has 1 fully saturated rings. The summed E-state index contributed by atoms with van der Waals surface area (Å²) in [5.74, 6) is 0.900. The number of benzene rings is 2. The Bertz CT molecular complexity index is 1190. The summed E-state index contributed by atoms with van der Waals surface area (Å²) < 4.78 is 1.96. The first-order valence-corrected chi connectivity index (χ1v) is 11.5. The molecule has 1 aliphatic rings. The molecule has 0 radical (unpaired) electrons. The number of hydrogen-bond acceptors (Lipinski definition) is 6. The van der Waals surface area contributed by atoms with Crippen LogP contribution in [-0.4, -0.2) is 38.2 Å². The third-order valence-electron chi connectivity index (χ3n) is 4.85. The van der Waals surface area contributed by atoms with Crippen molar-refractivity contribution in [1.29, 1.82) is 0 Å². The second-order valence-electron chi connectivity index (χ2n) is 7.78. The van der Waals surface area contributed by atoms with Gasteiger partial charge in [-0.05, 0) is 55.3 Å². The van der Waals surface area contributed by atoms with Gasteiger partial charge in [0.25, 0.3) is 0 Å². The SMILES string of the molecule is CC(=O)Nc1ccc(NC(=O)CSc2nnc(C3CC3)n2-c2cccc(NC(C)=O)c2)cc1. The Hall–Kier alpha value is -3.66. The van der Waals surface area contributed by atoms with Crippen molar-refractivity contribution in [1.82, 2.24) is 14.8 Å². The minimum atomic E-state index is -0.179. The molecule has 0 saturated heterocycles. The average Bonchev–Trinajstić information content (AvgIpc) is 3.52. The van der Waals surface area contributed by atoms with Gasteiger partial charge in [0.1, 0.15) is 5.82 Å². The van der Waals surface area contributed by atoms with Crippen molar-refractivity contribution < 1.29 is 14.4 Å². The molecule has 3 N–H and O–H groups in total. The number of anilines is 3. The molecule has 1 aromatic heterocycles. The fraction of sp³-hybridized carbons (Fsp3) is 0.261. The lowest BCUT2D eigenvalue weighted by atomic mass is 10.2. The smallest absolute Gasteiger partial charge is 0.234 e. The van der Waals surface area contributed by atoms with Crippen molar-refractivity contribution in [2.75, 3.05) is 21.7 Å². The molecule has 3 amide bonds. The summed E-state index contributed by atoms with van der Waals surface area (Å²) in [5.41, 5.74) is 2.83. The molecule has 0 atom stereocenters. The van der Waals surface area contributed by atoms with Crippen molar-refractivity contribution in [3.05, 3.63) is 54.4 Å². The Morgan fingerprint density at radius 3 is 2.18 bits per heavy atom. The fourth-order valence-corrected chi connectivity index (χ4v) is 4.08. The quantitative estimate of drug-likeness (QED) is 0.437. The molecule has 1 aliphatic carbocycles. The maximum atomic E-state index is 12.5. The molecule has 170 valence electrons. The van der Waals surface area contributed by atoms with Gasteiger partial charge < -0.3 is 16.0 Å². The predicted molar refractivity (Wildman–Crippen MR) is 128 cm³/mol. The van der Waals surface area contributed by atoms with Crippen LogP contribution in [0.15, 0.2) is 53.7 Å². The first kappa shape index (κ1) is 22.5. The maximum Gasteiger partial charge on any atom is 0.234 e. The standard InChI is InChI=1S/C23H24N6O3S/c1-14(30)24-17-8-10-18(11-9-17)26-21(32)13-33-23-28-27-22(16-6-7-16)29(23)20-5-3-4-19(12-20)25-15(2)31/h3-5,8-12,16H,6-7,13H2,1-2H3,(H,24,30)(H,25,31)(H,26,32). The van der Waals surface area contributed by atoms with Gasteiger partial charge in [-0.1, -0.05) is 17.8 Å². The second kappa shape index (κ2) is 9.86. The van der Waals surface area contributed by atoms with Gasteiger partial charge >= 0.3 is 0 Å². The summed E-state index contributed by atoms with van der Waals surface area (Å²) in [7, 11) is 0. The Morgan fingerprint density at radius 2 is 1.55 bits per heavy atom.